The summed E-state index contributed by atoms with van der Waals surface area (Å²) < 4.78 is 10.9. The molecule has 0 aliphatic rings. The van der Waals surface area contributed by atoms with Gasteiger partial charge in [0.1, 0.15) is 19.3 Å². The number of primary amides is 1. The van der Waals surface area contributed by atoms with Crippen LogP contribution in [0.3, 0.4) is 0 Å². The summed E-state index contributed by atoms with van der Waals surface area (Å²) in [5.74, 6) is -0.578. The molecule has 0 bridgehead atoms. The molecule has 0 aliphatic carbocycles. The summed E-state index contributed by atoms with van der Waals surface area (Å²) in [6, 6.07) is 30.3. The summed E-state index contributed by atoms with van der Waals surface area (Å²) in [5, 5.41) is 4.82. The van der Waals surface area contributed by atoms with Crippen molar-refractivity contribution in [3.05, 3.63) is 125 Å². The molecule has 0 fully saturated rings. The molecule has 4 aromatic rings. The van der Waals surface area contributed by atoms with Crippen molar-refractivity contribution in [2.24, 2.45) is 5.73 Å². The topological polar surface area (TPSA) is 114 Å². The number of alkyl carbamates (subject to hydrolysis) is 1. The number of carbonyl (C=O) groups excluding carboxylic acids is 3. The Morgan fingerprint density at radius 3 is 2.09 bits per heavy atom. The van der Waals surface area contributed by atoms with Crippen LogP contribution >= 0.6 is 0 Å². The molecule has 0 spiro atoms. The summed E-state index contributed by atoms with van der Waals surface area (Å²) in [6.07, 6.45) is 4.61. The Morgan fingerprint density at radius 2 is 1.43 bits per heavy atom. The molecule has 0 heterocycles. The van der Waals surface area contributed by atoms with Gasteiger partial charge < -0.3 is 25.4 Å². The number of ether oxygens (including phenoxy) is 2. The highest BCUT2D eigenvalue weighted by Crippen LogP contribution is 2.21. The van der Waals surface area contributed by atoms with Gasteiger partial charge in [-0.25, -0.2) is 9.59 Å². The predicted molar refractivity (Wildman–Crippen MR) is 185 cm³/mol. The van der Waals surface area contributed by atoms with Crippen molar-refractivity contribution < 1.29 is 23.9 Å². The zero-order chi connectivity index (χ0) is 33.4. The van der Waals surface area contributed by atoms with Gasteiger partial charge in [0, 0.05) is 19.5 Å². The number of benzene rings is 4. The van der Waals surface area contributed by atoms with Gasteiger partial charge in [0.05, 0.1) is 0 Å². The minimum absolute atomic E-state index is 0.111. The van der Waals surface area contributed by atoms with Crippen LogP contribution in [0.2, 0.25) is 0 Å². The molecular formula is C38H44N4O5. The average molecular weight is 637 g/mol. The lowest BCUT2D eigenvalue weighted by Gasteiger charge is -2.29. The molecule has 0 saturated heterocycles. The van der Waals surface area contributed by atoms with Crippen LogP contribution in [0.25, 0.3) is 16.8 Å². The molecule has 9 nitrogen and oxygen atoms in total. The molecule has 3 amide bonds. The summed E-state index contributed by atoms with van der Waals surface area (Å²) >= 11 is 0. The second-order valence-electron chi connectivity index (χ2n) is 11.6. The maximum Gasteiger partial charge on any atom is 0.410 e. The maximum absolute atomic E-state index is 13.3. The van der Waals surface area contributed by atoms with E-state index in [2.05, 4.69) is 11.4 Å². The zero-order valence-corrected chi connectivity index (χ0v) is 27.1. The zero-order valence-electron chi connectivity index (χ0n) is 27.1. The predicted octanol–water partition coefficient (Wildman–Crippen LogP) is 6.16. The highest BCUT2D eigenvalue weighted by Gasteiger charge is 2.29. The smallest absolute Gasteiger partial charge is 0.410 e. The van der Waals surface area contributed by atoms with Gasteiger partial charge in [-0.1, -0.05) is 103 Å². The van der Waals surface area contributed by atoms with Crippen LogP contribution in [-0.2, 0) is 33.9 Å². The van der Waals surface area contributed by atoms with Gasteiger partial charge in [0.25, 0.3) is 0 Å². The molecule has 4 aromatic carbocycles. The van der Waals surface area contributed by atoms with E-state index in [-0.39, 0.29) is 19.6 Å². The van der Waals surface area contributed by atoms with Gasteiger partial charge >= 0.3 is 12.2 Å². The molecule has 3 N–H and O–H groups in total. The molecular weight excluding hydrogens is 592 g/mol. The Bertz CT molecular complexity index is 1630. The number of nitrogens with zero attached hydrogens (tertiary/aromatic N) is 2. The molecule has 9 heteroatoms. The van der Waals surface area contributed by atoms with Gasteiger partial charge in [-0.2, -0.15) is 0 Å². The molecule has 0 saturated carbocycles. The quantitative estimate of drug-likeness (QED) is 0.143. The monoisotopic (exact) mass is 636 g/mol. The molecule has 246 valence electrons. The van der Waals surface area contributed by atoms with E-state index in [4.69, 9.17) is 15.2 Å². The second kappa shape index (κ2) is 18.1. The van der Waals surface area contributed by atoms with E-state index in [9.17, 15) is 14.4 Å². The summed E-state index contributed by atoms with van der Waals surface area (Å²) in [4.78, 5) is 41.4. The normalized spacial score (nSPS) is 11.8. The second-order valence-corrected chi connectivity index (χ2v) is 11.6. The molecule has 1 atom stereocenters. The van der Waals surface area contributed by atoms with Crippen molar-refractivity contribution in [1.29, 1.82) is 0 Å². The van der Waals surface area contributed by atoms with Crippen LogP contribution in [0.15, 0.2) is 103 Å². The summed E-state index contributed by atoms with van der Waals surface area (Å²) in [7, 11) is 3.92. The number of carbonyl (C=O) groups is 3. The van der Waals surface area contributed by atoms with E-state index in [1.54, 1.807) is 0 Å². The number of nitrogens with two attached hydrogens (primary N) is 1. The van der Waals surface area contributed by atoms with Crippen LogP contribution in [0.4, 0.5) is 9.59 Å². The van der Waals surface area contributed by atoms with Crippen molar-refractivity contribution in [2.45, 2.75) is 38.5 Å². The lowest BCUT2D eigenvalue weighted by Crippen LogP contribution is -2.50. The third kappa shape index (κ3) is 11.6. The molecule has 0 aliphatic heterocycles. The fourth-order valence-electron chi connectivity index (χ4n) is 5.12. The van der Waals surface area contributed by atoms with Gasteiger partial charge in [0.2, 0.25) is 5.91 Å². The van der Waals surface area contributed by atoms with Crippen LogP contribution in [-0.4, -0.2) is 67.7 Å². The SMILES string of the molecule is CN(C)CCCN(C(=O)OCc1ccccc1)C(Cc1ccc2cc(/C=C/CCNC(=O)OCc3ccccc3)ccc2c1)C(N)=O. The molecule has 4 rings (SSSR count). The Morgan fingerprint density at radius 1 is 0.787 bits per heavy atom. The highest BCUT2D eigenvalue weighted by atomic mass is 16.6. The Balaban J connectivity index is 1.34. The van der Waals surface area contributed by atoms with Crippen LogP contribution in [0.5, 0.6) is 0 Å². The average Bonchev–Trinajstić information content (AvgIpc) is 3.08. The van der Waals surface area contributed by atoms with Gasteiger partial charge in [0.15, 0.2) is 0 Å². The minimum atomic E-state index is -0.857. The number of rotatable bonds is 16. The standard InChI is InChI=1S/C38H44N4O5/c1-41(2)22-11-23-42(38(45)47-28-31-15-7-4-8-16-31)35(36(39)43)26-32-18-20-33-24-29(17-19-34(33)25-32)12-9-10-21-40-37(44)46-27-30-13-5-3-6-14-30/h3-9,12-20,24-25,35H,10-11,21-23,26-28H2,1-2H3,(H2,39,43)(H,40,44)/b12-9+. The summed E-state index contributed by atoms with van der Waals surface area (Å²) in [5.41, 5.74) is 9.61. The summed E-state index contributed by atoms with van der Waals surface area (Å²) in [6.45, 7) is 1.90. The fraction of sp³-hybridized carbons (Fsp3) is 0.289. The Kier molecular flexibility index (Phi) is 13.4. The van der Waals surface area contributed by atoms with Crippen LogP contribution in [0.1, 0.15) is 35.1 Å². The van der Waals surface area contributed by atoms with Gasteiger partial charge in [-0.15, -0.1) is 0 Å². The van der Waals surface area contributed by atoms with E-state index in [0.717, 1.165) is 39.6 Å². The van der Waals surface area contributed by atoms with E-state index in [1.165, 1.54) is 4.90 Å². The first-order valence-electron chi connectivity index (χ1n) is 15.8. The number of hydrogen-bond donors (Lipinski definition) is 2. The molecule has 0 aromatic heterocycles. The van der Waals surface area contributed by atoms with Gasteiger partial charge in [-0.05, 0) is 72.6 Å². The molecule has 47 heavy (non-hydrogen) atoms. The molecule has 1 unspecified atom stereocenters. The van der Waals surface area contributed by atoms with E-state index >= 15 is 0 Å². The van der Waals surface area contributed by atoms with Crippen molar-refractivity contribution in [3.63, 3.8) is 0 Å². The number of fused-ring (bicyclic) bond motifs is 1. The third-order valence-corrected chi connectivity index (χ3v) is 7.61. The van der Waals surface area contributed by atoms with Crippen molar-refractivity contribution in [2.75, 3.05) is 33.7 Å². The van der Waals surface area contributed by atoms with E-state index in [0.29, 0.717) is 25.9 Å². The van der Waals surface area contributed by atoms with Crippen molar-refractivity contribution >= 4 is 34.9 Å². The van der Waals surface area contributed by atoms with Gasteiger partial charge in [-0.3, -0.25) is 9.69 Å². The largest absolute Gasteiger partial charge is 0.445 e. The van der Waals surface area contributed by atoms with Crippen molar-refractivity contribution in [1.82, 2.24) is 15.1 Å². The number of amides is 3. The van der Waals surface area contributed by atoms with E-state index < -0.39 is 24.1 Å². The molecule has 0 radical (unpaired) electrons. The lowest BCUT2D eigenvalue weighted by molar-refractivity contribution is -0.122. The van der Waals surface area contributed by atoms with Crippen LogP contribution < -0.4 is 11.1 Å². The maximum atomic E-state index is 13.3. The first-order valence-corrected chi connectivity index (χ1v) is 15.8. The lowest BCUT2D eigenvalue weighted by atomic mass is 9.99. The number of nitrogens with one attached hydrogen (secondary N) is 1. The van der Waals surface area contributed by atoms with Crippen molar-refractivity contribution in [3.8, 4) is 0 Å². The first kappa shape index (κ1) is 34.7. The van der Waals surface area contributed by atoms with E-state index in [1.807, 2.05) is 122 Å². The fourth-order valence-corrected chi connectivity index (χ4v) is 5.12. The Hall–Kier alpha value is -5.15. The van der Waals surface area contributed by atoms with Crippen LogP contribution in [0, 0.1) is 0 Å². The minimum Gasteiger partial charge on any atom is -0.445 e. The highest BCUT2D eigenvalue weighted by molar-refractivity contribution is 5.87. The Labute approximate surface area is 276 Å². The first-order chi connectivity index (χ1) is 22.8. The number of hydrogen-bond acceptors (Lipinski definition) is 6. The third-order valence-electron chi connectivity index (χ3n) is 7.61.